The van der Waals surface area contributed by atoms with Gasteiger partial charge in [0.25, 0.3) is 0 Å². The zero-order valence-corrected chi connectivity index (χ0v) is 12.9. The lowest BCUT2D eigenvalue weighted by Crippen LogP contribution is -2.03. The molecular weight excluding hydrogens is 268 g/mol. The van der Waals surface area contributed by atoms with Crippen LogP contribution >= 0.6 is 11.6 Å². The van der Waals surface area contributed by atoms with Gasteiger partial charge in [-0.3, -0.25) is 4.79 Å². The van der Waals surface area contributed by atoms with Crippen molar-refractivity contribution in [3.8, 4) is 0 Å². The first-order chi connectivity index (χ1) is 9.47. The van der Waals surface area contributed by atoms with Crippen molar-refractivity contribution in [1.82, 2.24) is 0 Å². The zero-order valence-electron chi connectivity index (χ0n) is 12.1. The van der Waals surface area contributed by atoms with E-state index in [4.69, 9.17) is 11.6 Å². The standard InChI is InChI=1S/C18H19ClO/c1-12(2)10-14-5-7-15(8-6-14)18(20)16-9-4-13(3)11-17(16)19/h4-9,11-12H,10H2,1-3H3. The summed E-state index contributed by atoms with van der Waals surface area (Å²) >= 11 is 6.15. The van der Waals surface area contributed by atoms with E-state index in [2.05, 4.69) is 13.8 Å². The van der Waals surface area contributed by atoms with Gasteiger partial charge >= 0.3 is 0 Å². The molecule has 0 spiro atoms. The van der Waals surface area contributed by atoms with Gasteiger partial charge in [0.05, 0.1) is 5.02 Å². The molecule has 2 aromatic rings. The van der Waals surface area contributed by atoms with E-state index in [1.807, 2.05) is 43.3 Å². The molecule has 0 saturated carbocycles. The summed E-state index contributed by atoms with van der Waals surface area (Å²) in [5, 5.41) is 0.515. The first-order valence-electron chi connectivity index (χ1n) is 6.87. The third kappa shape index (κ3) is 3.49. The van der Waals surface area contributed by atoms with Crippen LogP contribution in [0, 0.1) is 12.8 Å². The van der Waals surface area contributed by atoms with E-state index in [9.17, 15) is 4.79 Å². The summed E-state index contributed by atoms with van der Waals surface area (Å²) in [6.07, 6.45) is 1.03. The van der Waals surface area contributed by atoms with Crippen molar-refractivity contribution < 1.29 is 4.79 Å². The molecule has 0 bridgehead atoms. The lowest BCUT2D eigenvalue weighted by atomic mass is 9.98. The minimum Gasteiger partial charge on any atom is -0.289 e. The first-order valence-corrected chi connectivity index (χ1v) is 7.25. The van der Waals surface area contributed by atoms with Gasteiger partial charge in [0.2, 0.25) is 0 Å². The summed E-state index contributed by atoms with van der Waals surface area (Å²) in [6, 6.07) is 13.3. The minimum atomic E-state index is -0.0221. The average molecular weight is 287 g/mol. The van der Waals surface area contributed by atoms with Crippen LogP contribution in [0.2, 0.25) is 5.02 Å². The molecule has 20 heavy (non-hydrogen) atoms. The van der Waals surface area contributed by atoms with Crippen LogP contribution in [0.4, 0.5) is 0 Å². The Balaban J connectivity index is 2.25. The summed E-state index contributed by atoms with van der Waals surface area (Å²) in [5.41, 5.74) is 3.56. The van der Waals surface area contributed by atoms with Crippen molar-refractivity contribution >= 4 is 17.4 Å². The predicted molar refractivity (Wildman–Crippen MR) is 84.6 cm³/mol. The van der Waals surface area contributed by atoms with Crippen LogP contribution in [0.3, 0.4) is 0 Å². The van der Waals surface area contributed by atoms with Crippen LogP contribution in [-0.4, -0.2) is 5.78 Å². The molecule has 1 nitrogen and oxygen atoms in total. The molecule has 2 aromatic carbocycles. The molecule has 2 heteroatoms. The second-order valence-corrected chi connectivity index (χ2v) is 6.01. The van der Waals surface area contributed by atoms with Crippen LogP contribution in [-0.2, 0) is 6.42 Å². The van der Waals surface area contributed by atoms with Gasteiger partial charge in [-0.15, -0.1) is 0 Å². The quantitative estimate of drug-likeness (QED) is 0.717. The summed E-state index contributed by atoms with van der Waals surface area (Å²) in [4.78, 5) is 12.4. The number of hydrogen-bond donors (Lipinski definition) is 0. The molecule has 0 aliphatic heterocycles. The second-order valence-electron chi connectivity index (χ2n) is 5.61. The summed E-state index contributed by atoms with van der Waals surface area (Å²) in [7, 11) is 0. The van der Waals surface area contributed by atoms with Gasteiger partial charge in [-0.2, -0.15) is 0 Å². The normalized spacial score (nSPS) is 10.8. The lowest BCUT2D eigenvalue weighted by Gasteiger charge is -2.07. The molecular formula is C18H19ClO. The highest BCUT2D eigenvalue weighted by atomic mass is 35.5. The van der Waals surface area contributed by atoms with Crippen LogP contribution in [0.25, 0.3) is 0 Å². The van der Waals surface area contributed by atoms with Crippen molar-refractivity contribution in [3.05, 3.63) is 69.7 Å². The number of hydrogen-bond acceptors (Lipinski definition) is 1. The molecule has 0 aliphatic carbocycles. The Labute approximate surface area is 125 Å². The first kappa shape index (κ1) is 14.8. The van der Waals surface area contributed by atoms with Gasteiger partial charge in [0.1, 0.15) is 0 Å². The maximum atomic E-state index is 12.4. The molecule has 0 amide bonds. The predicted octanol–water partition coefficient (Wildman–Crippen LogP) is 5.08. The molecule has 0 saturated heterocycles. The monoisotopic (exact) mass is 286 g/mol. The van der Waals surface area contributed by atoms with Crippen LogP contribution in [0.15, 0.2) is 42.5 Å². The van der Waals surface area contributed by atoms with E-state index in [1.165, 1.54) is 5.56 Å². The maximum Gasteiger partial charge on any atom is 0.194 e. The maximum absolute atomic E-state index is 12.4. The van der Waals surface area contributed by atoms with Crippen molar-refractivity contribution in [3.63, 3.8) is 0 Å². The summed E-state index contributed by atoms with van der Waals surface area (Å²) < 4.78 is 0. The second kappa shape index (κ2) is 6.23. The zero-order chi connectivity index (χ0) is 14.7. The number of benzene rings is 2. The molecule has 0 N–H and O–H groups in total. The van der Waals surface area contributed by atoms with E-state index in [1.54, 1.807) is 6.07 Å². The molecule has 0 aromatic heterocycles. The van der Waals surface area contributed by atoms with Crippen LogP contribution in [0.1, 0.15) is 40.9 Å². The Morgan fingerprint density at radius 3 is 2.30 bits per heavy atom. The fraction of sp³-hybridized carbons (Fsp3) is 0.278. The Bertz CT molecular complexity index is 612. The highest BCUT2D eigenvalue weighted by Gasteiger charge is 2.12. The molecule has 0 heterocycles. The Hall–Kier alpha value is -1.60. The van der Waals surface area contributed by atoms with E-state index in [0.29, 0.717) is 22.1 Å². The Morgan fingerprint density at radius 2 is 1.75 bits per heavy atom. The van der Waals surface area contributed by atoms with Gasteiger partial charge in [-0.25, -0.2) is 0 Å². The Kier molecular flexibility index (Phi) is 4.61. The molecule has 104 valence electrons. The highest BCUT2D eigenvalue weighted by Crippen LogP contribution is 2.21. The molecule has 0 unspecified atom stereocenters. The number of ketones is 1. The number of aryl methyl sites for hydroxylation is 1. The number of carbonyl (C=O) groups excluding carboxylic acids is 1. The number of halogens is 1. The van der Waals surface area contributed by atoms with Crippen LogP contribution in [0.5, 0.6) is 0 Å². The van der Waals surface area contributed by atoms with Crippen LogP contribution < -0.4 is 0 Å². The molecule has 0 radical (unpaired) electrons. The summed E-state index contributed by atoms with van der Waals surface area (Å²) in [6.45, 7) is 6.33. The summed E-state index contributed by atoms with van der Waals surface area (Å²) in [5.74, 6) is 0.592. The SMILES string of the molecule is Cc1ccc(C(=O)c2ccc(CC(C)C)cc2)c(Cl)c1. The lowest BCUT2D eigenvalue weighted by molar-refractivity contribution is 0.103. The topological polar surface area (TPSA) is 17.1 Å². The molecule has 0 aliphatic rings. The van der Waals surface area contributed by atoms with E-state index < -0.39 is 0 Å². The largest absolute Gasteiger partial charge is 0.289 e. The van der Waals surface area contributed by atoms with Gasteiger partial charge in [0.15, 0.2) is 5.78 Å². The average Bonchev–Trinajstić information content (AvgIpc) is 2.38. The smallest absolute Gasteiger partial charge is 0.194 e. The van der Waals surface area contributed by atoms with Gasteiger partial charge in [-0.1, -0.05) is 55.8 Å². The van der Waals surface area contributed by atoms with Crippen molar-refractivity contribution in [2.75, 3.05) is 0 Å². The van der Waals surface area contributed by atoms with Gasteiger partial charge in [0, 0.05) is 11.1 Å². The molecule has 0 fully saturated rings. The third-order valence-electron chi connectivity index (χ3n) is 3.23. The van der Waals surface area contributed by atoms with E-state index >= 15 is 0 Å². The van der Waals surface area contributed by atoms with Crippen molar-refractivity contribution in [1.29, 1.82) is 0 Å². The van der Waals surface area contributed by atoms with Gasteiger partial charge in [-0.05, 0) is 42.5 Å². The van der Waals surface area contributed by atoms with Gasteiger partial charge < -0.3 is 0 Å². The fourth-order valence-corrected chi connectivity index (χ4v) is 2.54. The number of rotatable bonds is 4. The highest BCUT2D eigenvalue weighted by molar-refractivity contribution is 6.35. The van der Waals surface area contributed by atoms with Crippen molar-refractivity contribution in [2.24, 2.45) is 5.92 Å². The number of carbonyl (C=O) groups is 1. The molecule has 0 atom stereocenters. The van der Waals surface area contributed by atoms with Crippen molar-refractivity contribution in [2.45, 2.75) is 27.2 Å². The third-order valence-corrected chi connectivity index (χ3v) is 3.54. The van der Waals surface area contributed by atoms with E-state index in [-0.39, 0.29) is 5.78 Å². The minimum absolute atomic E-state index is 0.0221. The Morgan fingerprint density at radius 1 is 1.10 bits per heavy atom. The fourth-order valence-electron chi connectivity index (χ4n) is 2.22. The van der Waals surface area contributed by atoms with E-state index in [0.717, 1.165) is 12.0 Å². The molecule has 2 rings (SSSR count).